The van der Waals surface area contributed by atoms with Gasteiger partial charge in [0.25, 0.3) is 6.43 Å². The first-order valence-corrected chi connectivity index (χ1v) is 4.06. The van der Waals surface area contributed by atoms with Crippen molar-refractivity contribution < 1.29 is 8.78 Å². The van der Waals surface area contributed by atoms with Crippen molar-refractivity contribution in [3.63, 3.8) is 0 Å². The Morgan fingerprint density at radius 1 is 1.42 bits per heavy atom. The molecule has 5 heteroatoms. The molecule has 0 aromatic heterocycles. The van der Waals surface area contributed by atoms with Crippen LogP contribution >= 0.6 is 12.2 Å². The van der Waals surface area contributed by atoms with Gasteiger partial charge in [0.15, 0.2) is 5.11 Å². The molecule has 72 valence electrons. The fraction of sp³-hybridized carbons (Fsp3) is 0.857. The van der Waals surface area contributed by atoms with Crippen LogP contribution in [0.25, 0.3) is 0 Å². The molecule has 0 saturated carbocycles. The highest BCUT2D eigenvalue weighted by Gasteiger charge is 2.11. The minimum absolute atomic E-state index is 0.188. The van der Waals surface area contributed by atoms with Gasteiger partial charge in [-0.05, 0) is 33.0 Å². The Labute approximate surface area is 76.7 Å². The third-order valence-corrected chi connectivity index (χ3v) is 1.15. The van der Waals surface area contributed by atoms with Gasteiger partial charge in [0.05, 0.1) is 6.54 Å². The smallest absolute Gasteiger partial charge is 0.255 e. The summed E-state index contributed by atoms with van der Waals surface area (Å²) in [6.07, 6.45) is -2.37. The van der Waals surface area contributed by atoms with Crippen molar-refractivity contribution in [3.8, 4) is 0 Å². The van der Waals surface area contributed by atoms with Crippen LogP contribution in [0.1, 0.15) is 20.8 Å². The normalized spacial score (nSPS) is 11.5. The summed E-state index contributed by atoms with van der Waals surface area (Å²) >= 11 is 4.76. The zero-order chi connectivity index (χ0) is 9.78. The number of rotatable bonds is 2. The summed E-state index contributed by atoms with van der Waals surface area (Å²) in [6, 6.07) is 0. The lowest BCUT2D eigenvalue weighted by molar-refractivity contribution is 0.152. The van der Waals surface area contributed by atoms with E-state index in [0.29, 0.717) is 0 Å². The molecule has 0 fully saturated rings. The van der Waals surface area contributed by atoms with Crippen molar-refractivity contribution in [1.29, 1.82) is 0 Å². The van der Waals surface area contributed by atoms with Crippen molar-refractivity contribution in [2.24, 2.45) is 0 Å². The van der Waals surface area contributed by atoms with Crippen LogP contribution in [-0.4, -0.2) is 23.6 Å². The van der Waals surface area contributed by atoms with Gasteiger partial charge in [-0.25, -0.2) is 8.78 Å². The summed E-state index contributed by atoms with van der Waals surface area (Å²) in [7, 11) is 0. The van der Waals surface area contributed by atoms with Crippen LogP contribution in [0.5, 0.6) is 0 Å². The molecular formula is C7H14F2N2S. The average molecular weight is 196 g/mol. The first-order chi connectivity index (χ1) is 5.31. The molecule has 2 N–H and O–H groups in total. The number of thiocarbonyl (C=S) groups is 1. The molecule has 0 aliphatic heterocycles. The van der Waals surface area contributed by atoms with E-state index < -0.39 is 13.0 Å². The molecule has 0 heterocycles. The van der Waals surface area contributed by atoms with Crippen LogP contribution in [-0.2, 0) is 0 Å². The molecule has 0 aromatic rings. The van der Waals surface area contributed by atoms with Crippen LogP contribution in [0.3, 0.4) is 0 Å². The van der Waals surface area contributed by atoms with Gasteiger partial charge in [-0.15, -0.1) is 0 Å². The standard InChI is InChI=1S/C7H14F2N2S/c1-7(2,3)11-6(12)10-4-5(8)9/h5H,4H2,1-3H3,(H2,10,11,12). The maximum Gasteiger partial charge on any atom is 0.255 e. The van der Waals surface area contributed by atoms with Crippen molar-refractivity contribution in [3.05, 3.63) is 0 Å². The van der Waals surface area contributed by atoms with Gasteiger partial charge in [0.1, 0.15) is 0 Å². The van der Waals surface area contributed by atoms with Gasteiger partial charge in [0, 0.05) is 5.54 Å². The molecule has 0 radical (unpaired) electrons. The van der Waals surface area contributed by atoms with E-state index in [2.05, 4.69) is 10.6 Å². The number of hydrogen-bond acceptors (Lipinski definition) is 1. The highest BCUT2D eigenvalue weighted by Crippen LogP contribution is 1.97. The number of nitrogens with one attached hydrogen (secondary N) is 2. The fourth-order valence-electron chi connectivity index (χ4n) is 0.555. The molecule has 0 spiro atoms. The highest BCUT2D eigenvalue weighted by atomic mass is 32.1. The van der Waals surface area contributed by atoms with Gasteiger partial charge in [-0.1, -0.05) is 0 Å². The van der Waals surface area contributed by atoms with Crippen LogP contribution in [0.2, 0.25) is 0 Å². The molecule has 0 amide bonds. The highest BCUT2D eigenvalue weighted by molar-refractivity contribution is 7.80. The lowest BCUT2D eigenvalue weighted by Gasteiger charge is -2.22. The van der Waals surface area contributed by atoms with Crippen molar-refractivity contribution in [1.82, 2.24) is 10.6 Å². The summed E-state index contributed by atoms with van der Waals surface area (Å²) in [4.78, 5) is 0. The second kappa shape index (κ2) is 4.54. The lowest BCUT2D eigenvalue weighted by atomic mass is 10.1. The van der Waals surface area contributed by atoms with E-state index in [-0.39, 0.29) is 10.7 Å². The minimum atomic E-state index is -2.37. The third kappa shape index (κ3) is 7.65. The van der Waals surface area contributed by atoms with Crippen LogP contribution in [0, 0.1) is 0 Å². The Morgan fingerprint density at radius 2 is 1.92 bits per heavy atom. The molecule has 0 atom stereocenters. The second-order valence-electron chi connectivity index (χ2n) is 3.48. The van der Waals surface area contributed by atoms with Gasteiger partial charge in [0.2, 0.25) is 0 Å². The Balaban J connectivity index is 3.61. The first-order valence-electron chi connectivity index (χ1n) is 3.65. The molecule has 0 unspecified atom stereocenters. The molecule has 2 nitrogen and oxygen atoms in total. The van der Waals surface area contributed by atoms with Gasteiger partial charge in [-0.3, -0.25) is 0 Å². The fourth-order valence-corrected chi connectivity index (χ4v) is 0.944. The lowest BCUT2D eigenvalue weighted by Crippen LogP contribution is -2.47. The van der Waals surface area contributed by atoms with E-state index in [0.717, 1.165) is 0 Å². The van der Waals surface area contributed by atoms with Crippen LogP contribution in [0.15, 0.2) is 0 Å². The number of halogens is 2. The van der Waals surface area contributed by atoms with Gasteiger partial charge in [-0.2, -0.15) is 0 Å². The van der Waals surface area contributed by atoms with Gasteiger partial charge >= 0.3 is 0 Å². The average Bonchev–Trinajstić information content (AvgIpc) is 1.79. The van der Waals surface area contributed by atoms with E-state index in [1.54, 1.807) is 0 Å². The summed E-state index contributed by atoms with van der Waals surface area (Å²) in [5, 5.41) is 5.54. The first kappa shape index (κ1) is 11.6. The third-order valence-electron chi connectivity index (χ3n) is 0.905. The Bertz CT molecular complexity index is 154. The Kier molecular flexibility index (Phi) is 4.37. The molecule has 0 bridgehead atoms. The molecule has 0 saturated heterocycles. The maximum absolute atomic E-state index is 11.7. The number of alkyl halides is 2. The summed E-state index contributed by atoms with van der Waals surface area (Å²) in [6.45, 7) is 5.32. The topological polar surface area (TPSA) is 24.1 Å². The SMILES string of the molecule is CC(C)(C)NC(=S)NCC(F)F. The van der Waals surface area contributed by atoms with E-state index >= 15 is 0 Å². The van der Waals surface area contributed by atoms with E-state index in [1.165, 1.54) is 0 Å². The summed E-state index contributed by atoms with van der Waals surface area (Å²) < 4.78 is 23.4. The largest absolute Gasteiger partial charge is 0.358 e. The predicted molar refractivity (Wildman–Crippen MR) is 49.5 cm³/mol. The molecule has 12 heavy (non-hydrogen) atoms. The van der Waals surface area contributed by atoms with Gasteiger partial charge < -0.3 is 10.6 Å². The molecule has 0 aliphatic rings. The maximum atomic E-state index is 11.7. The molecular weight excluding hydrogens is 182 g/mol. The molecule has 0 aliphatic carbocycles. The van der Waals surface area contributed by atoms with Crippen LogP contribution in [0.4, 0.5) is 8.78 Å². The Morgan fingerprint density at radius 3 is 2.25 bits per heavy atom. The molecule has 0 rings (SSSR count). The van der Waals surface area contributed by atoms with Crippen LogP contribution < -0.4 is 10.6 Å². The zero-order valence-corrected chi connectivity index (χ0v) is 8.27. The quantitative estimate of drug-likeness (QED) is 0.655. The van der Waals surface area contributed by atoms with E-state index in [9.17, 15) is 8.78 Å². The Hall–Kier alpha value is -0.450. The zero-order valence-electron chi connectivity index (χ0n) is 7.45. The summed E-state index contributed by atoms with van der Waals surface area (Å²) in [5.41, 5.74) is -0.188. The summed E-state index contributed by atoms with van der Waals surface area (Å²) in [5.74, 6) is 0. The molecule has 0 aromatic carbocycles. The second-order valence-corrected chi connectivity index (χ2v) is 3.88. The van der Waals surface area contributed by atoms with E-state index in [1.807, 2.05) is 20.8 Å². The number of hydrogen-bond donors (Lipinski definition) is 2. The minimum Gasteiger partial charge on any atom is -0.358 e. The van der Waals surface area contributed by atoms with E-state index in [4.69, 9.17) is 12.2 Å². The van der Waals surface area contributed by atoms with Crippen molar-refractivity contribution in [2.45, 2.75) is 32.7 Å². The predicted octanol–water partition coefficient (Wildman–Crippen LogP) is 1.51. The van der Waals surface area contributed by atoms with Crippen molar-refractivity contribution >= 4 is 17.3 Å². The monoisotopic (exact) mass is 196 g/mol. The van der Waals surface area contributed by atoms with Crippen molar-refractivity contribution in [2.75, 3.05) is 6.54 Å².